The second-order valence-electron chi connectivity index (χ2n) is 4.10. The molecule has 0 aliphatic heterocycles. The van der Waals surface area contributed by atoms with Crippen molar-refractivity contribution in [3.63, 3.8) is 0 Å². The molecule has 1 rings (SSSR count). The minimum Gasteiger partial charge on any atom is -0.392 e. The van der Waals surface area contributed by atoms with Crippen LogP contribution in [0.25, 0.3) is 0 Å². The fourth-order valence-electron chi connectivity index (χ4n) is 1.14. The number of aliphatic hydroxyl groups excluding tert-OH is 1. The number of benzene rings is 1. The van der Waals surface area contributed by atoms with Gasteiger partial charge < -0.3 is 5.11 Å². The first kappa shape index (κ1) is 11.8. The molecule has 2 N–H and O–H groups in total. The van der Waals surface area contributed by atoms with Gasteiger partial charge in [0.2, 0.25) is 0 Å². The molecule has 0 aliphatic rings. The van der Waals surface area contributed by atoms with Gasteiger partial charge in [-0.15, -0.1) is 6.42 Å². The van der Waals surface area contributed by atoms with Crippen molar-refractivity contribution >= 4 is 0 Å². The van der Waals surface area contributed by atoms with Crippen LogP contribution in [0.1, 0.15) is 25.0 Å². The average Bonchev–Trinajstić information content (AvgIpc) is 2.27. The number of rotatable bonds is 4. The highest BCUT2D eigenvalue weighted by molar-refractivity contribution is 5.22. The Labute approximate surface area is 91.3 Å². The van der Waals surface area contributed by atoms with E-state index >= 15 is 0 Å². The minimum atomic E-state index is -0.282. The van der Waals surface area contributed by atoms with E-state index in [9.17, 15) is 0 Å². The van der Waals surface area contributed by atoms with Crippen LogP contribution in [0.4, 0.5) is 0 Å². The first-order chi connectivity index (χ1) is 7.07. The van der Waals surface area contributed by atoms with Crippen LogP contribution in [-0.4, -0.2) is 10.6 Å². The van der Waals surface area contributed by atoms with Gasteiger partial charge in [-0.25, -0.2) is 0 Å². The Bertz CT molecular complexity index is 346. The maximum Gasteiger partial charge on any atom is 0.0743 e. The lowest BCUT2D eigenvalue weighted by molar-refractivity contribution is 0.282. The van der Waals surface area contributed by atoms with Gasteiger partial charge >= 0.3 is 0 Å². The van der Waals surface area contributed by atoms with Crippen molar-refractivity contribution in [1.29, 1.82) is 0 Å². The third kappa shape index (κ3) is 3.75. The first-order valence-electron chi connectivity index (χ1n) is 4.99. The van der Waals surface area contributed by atoms with Crippen molar-refractivity contribution in [3.05, 3.63) is 35.4 Å². The van der Waals surface area contributed by atoms with Crippen LogP contribution < -0.4 is 5.32 Å². The van der Waals surface area contributed by atoms with Crippen molar-refractivity contribution in [3.8, 4) is 12.3 Å². The summed E-state index contributed by atoms with van der Waals surface area (Å²) < 4.78 is 0. The van der Waals surface area contributed by atoms with Crippen LogP contribution in [0, 0.1) is 12.3 Å². The van der Waals surface area contributed by atoms with E-state index in [4.69, 9.17) is 11.5 Å². The summed E-state index contributed by atoms with van der Waals surface area (Å²) in [6, 6.07) is 7.82. The Hall–Kier alpha value is -1.30. The molecule has 0 unspecified atom stereocenters. The molecule has 0 amide bonds. The lowest BCUT2D eigenvalue weighted by Gasteiger charge is -2.19. The molecular formula is C13H17NO. The lowest BCUT2D eigenvalue weighted by atomic mass is 10.1. The molecule has 80 valence electrons. The number of nitrogens with one attached hydrogen (secondary N) is 1. The summed E-state index contributed by atoms with van der Waals surface area (Å²) in [5.74, 6) is 2.68. The molecule has 2 nitrogen and oxygen atoms in total. The molecule has 2 heteroatoms. The third-order valence-corrected chi connectivity index (χ3v) is 2.30. The summed E-state index contributed by atoms with van der Waals surface area (Å²) in [7, 11) is 0. The zero-order valence-electron chi connectivity index (χ0n) is 9.25. The Morgan fingerprint density at radius 3 is 2.27 bits per heavy atom. The monoisotopic (exact) mass is 203 g/mol. The van der Waals surface area contributed by atoms with Crippen molar-refractivity contribution in [2.75, 3.05) is 0 Å². The summed E-state index contributed by atoms with van der Waals surface area (Å²) in [5, 5.41) is 12.1. The second kappa shape index (κ2) is 4.97. The zero-order valence-corrected chi connectivity index (χ0v) is 9.25. The number of hydrogen-bond donors (Lipinski definition) is 2. The third-order valence-electron chi connectivity index (χ3n) is 2.30. The summed E-state index contributed by atoms with van der Waals surface area (Å²) in [5.41, 5.74) is 1.81. The topological polar surface area (TPSA) is 32.3 Å². The maximum absolute atomic E-state index is 8.88. The van der Waals surface area contributed by atoms with Crippen LogP contribution in [-0.2, 0) is 13.2 Å². The second-order valence-corrected chi connectivity index (χ2v) is 4.10. The quantitative estimate of drug-likeness (QED) is 0.730. The first-order valence-corrected chi connectivity index (χ1v) is 4.99. The van der Waals surface area contributed by atoms with Crippen molar-refractivity contribution in [2.24, 2.45) is 0 Å². The smallest absolute Gasteiger partial charge is 0.0743 e. The Balaban J connectivity index is 2.56. The SMILES string of the molecule is C#CC(C)(C)NCc1ccc(CO)cc1. The molecule has 0 saturated carbocycles. The Morgan fingerprint density at radius 1 is 1.27 bits per heavy atom. The highest BCUT2D eigenvalue weighted by atomic mass is 16.3. The van der Waals surface area contributed by atoms with E-state index in [1.165, 1.54) is 0 Å². The number of hydrogen-bond acceptors (Lipinski definition) is 2. The molecule has 0 fully saturated rings. The van der Waals surface area contributed by atoms with Gasteiger partial charge in [-0.05, 0) is 25.0 Å². The van der Waals surface area contributed by atoms with E-state index < -0.39 is 0 Å². The van der Waals surface area contributed by atoms with Crippen LogP contribution in [0.15, 0.2) is 24.3 Å². The molecule has 0 aliphatic carbocycles. The van der Waals surface area contributed by atoms with Gasteiger partial charge in [-0.1, -0.05) is 30.2 Å². The van der Waals surface area contributed by atoms with E-state index in [0.717, 1.165) is 17.7 Å². The predicted octanol–water partition coefficient (Wildman–Crippen LogP) is 1.68. The number of terminal acetylenes is 1. The molecule has 0 saturated heterocycles. The molecule has 0 bridgehead atoms. The van der Waals surface area contributed by atoms with E-state index in [1.807, 2.05) is 38.1 Å². The normalized spacial score (nSPS) is 11.1. The van der Waals surface area contributed by atoms with E-state index in [1.54, 1.807) is 0 Å². The summed E-state index contributed by atoms with van der Waals surface area (Å²) >= 11 is 0. The summed E-state index contributed by atoms with van der Waals surface area (Å²) in [6.07, 6.45) is 5.37. The Kier molecular flexibility index (Phi) is 3.90. The summed E-state index contributed by atoms with van der Waals surface area (Å²) in [6.45, 7) is 4.76. The van der Waals surface area contributed by atoms with Gasteiger partial charge in [-0.2, -0.15) is 0 Å². The van der Waals surface area contributed by atoms with Gasteiger partial charge in [0.05, 0.1) is 12.1 Å². The van der Waals surface area contributed by atoms with Gasteiger partial charge in [0.1, 0.15) is 0 Å². The highest BCUT2D eigenvalue weighted by Gasteiger charge is 2.11. The average molecular weight is 203 g/mol. The molecule has 1 aromatic rings. The van der Waals surface area contributed by atoms with Gasteiger partial charge in [0.15, 0.2) is 0 Å². The molecular weight excluding hydrogens is 186 g/mol. The lowest BCUT2D eigenvalue weighted by Crippen LogP contribution is -2.36. The Morgan fingerprint density at radius 2 is 1.80 bits per heavy atom. The van der Waals surface area contributed by atoms with Crippen molar-refractivity contribution < 1.29 is 5.11 Å². The van der Waals surface area contributed by atoms with Gasteiger partial charge in [0.25, 0.3) is 0 Å². The fraction of sp³-hybridized carbons (Fsp3) is 0.385. The zero-order chi connectivity index (χ0) is 11.3. The largest absolute Gasteiger partial charge is 0.392 e. The van der Waals surface area contributed by atoms with Crippen molar-refractivity contribution in [2.45, 2.75) is 32.5 Å². The maximum atomic E-state index is 8.88. The summed E-state index contributed by atoms with van der Waals surface area (Å²) in [4.78, 5) is 0. The standard InChI is InChI=1S/C13H17NO/c1-4-13(2,3)14-9-11-5-7-12(10-15)8-6-11/h1,5-8,14-15H,9-10H2,2-3H3. The minimum absolute atomic E-state index is 0.0869. The van der Waals surface area contributed by atoms with Crippen LogP contribution in [0.5, 0.6) is 0 Å². The van der Waals surface area contributed by atoms with E-state index in [0.29, 0.717) is 0 Å². The molecule has 1 aromatic carbocycles. The predicted molar refractivity (Wildman–Crippen MR) is 62.1 cm³/mol. The van der Waals surface area contributed by atoms with Crippen molar-refractivity contribution in [1.82, 2.24) is 5.32 Å². The molecule has 0 atom stereocenters. The fourth-order valence-corrected chi connectivity index (χ4v) is 1.14. The number of aliphatic hydroxyl groups is 1. The van der Waals surface area contributed by atoms with Gasteiger partial charge in [0, 0.05) is 6.54 Å². The van der Waals surface area contributed by atoms with E-state index in [-0.39, 0.29) is 12.1 Å². The van der Waals surface area contributed by atoms with Crippen LogP contribution in [0.2, 0.25) is 0 Å². The molecule has 0 spiro atoms. The molecule has 15 heavy (non-hydrogen) atoms. The molecule has 0 heterocycles. The van der Waals surface area contributed by atoms with E-state index in [2.05, 4.69) is 11.2 Å². The molecule has 0 aromatic heterocycles. The van der Waals surface area contributed by atoms with Crippen LogP contribution in [0.3, 0.4) is 0 Å². The van der Waals surface area contributed by atoms with Crippen LogP contribution >= 0.6 is 0 Å². The highest BCUT2D eigenvalue weighted by Crippen LogP contribution is 2.06. The van der Waals surface area contributed by atoms with Gasteiger partial charge in [-0.3, -0.25) is 5.32 Å². The molecule has 0 radical (unpaired) electrons.